The molecule has 0 amide bonds. The molecule has 3 aromatic rings. The predicted molar refractivity (Wildman–Crippen MR) is 108 cm³/mol. The quantitative estimate of drug-likeness (QED) is 0.501. The molecule has 1 N–H and O–H groups in total. The van der Waals surface area contributed by atoms with E-state index >= 15 is 0 Å². The van der Waals surface area contributed by atoms with Crippen molar-refractivity contribution >= 4 is 33.8 Å². The summed E-state index contributed by atoms with van der Waals surface area (Å²) in [5, 5.41) is 17.0. The summed E-state index contributed by atoms with van der Waals surface area (Å²) in [6.45, 7) is 3.83. The normalized spacial score (nSPS) is 14.8. The monoisotopic (exact) mass is 397 g/mol. The second kappa shape index (κ2) is 8.28. The maximum Gasteiger partial charge on any atom is 0.353 e. The average molecular weight is 397 g/mol. The van der Waals surface area contributed by atoms with Crippen molar-refractivity contribution in [1.82, 2.24) is 19.9 Å². The Balaban J connectivity index is 1.49. The van der Waals surface area contributed by atoms with Gasteiger partial charge in [-0.1, -0.05) is 30.3 Å². The van der Waals surface area contributed by atoms with E-state index in [1.54, 1.807) is 11.6 Å². The third-order valence-corrected chi connectivity index (χ3v) is 5.25. The first-order chi connectivity index (χ1) is 13.7. The lowest BCUT2D eigenvalue weighted by Crippen LogP contribution is -2.46. The van der Waals surface area contributed by atoms with E-state index in [-0.39, 0.29) is 11.5 Å². The van der Waals surface area contributed by atoms with E-state index in [1.807, 2.05) is 23.1 Å². The van der Waals surface area contributed by atoms with Crippen LogP contribution in [0.4, 0.5) is 22.5 Å². The van der Waals surface area contributed by atoms with E-state index < -0.39 is 4.92 Å². The fraction of sp³-hybridized carbons (Fsp3) is 0.278. The number of anilines is 3. The van der Waals surface area contributed by atoms with Gasteiger partial charge in [-0.15, -0.1) is 11.3 Å². The van der Waals surface area contributed by atoms with Crippen LogP contribution in [0.15, 0.2) is 48.2 Å². The molecule has 1 aromatic carbocycles. The number of thiazole rings is 1. The van der Waals surface area contributed by atoms with Gasteiger partial charge in [0.1, 0.15) is 6.33 Å². The van der Waals surface area contributed by atoms with Gasteiger partial charge in [0.05, 0.1) is 4.92 Å². The highest BCUT2D eigenvalue weighted by Gasteiger charge is 2.29. The molecule has 10 heteroatoms. The highest BCUT2D eigenvalue weighted by molar-refractivity contribution is 7.13. The molecule has 1 fully saturated rings. The Labute approximate surface area is 165 Å². The first-order valence-corrected chi connectivity index (χ1v) is 9.76. The van der Waals surface area contributed by atoms with Gasteiger partial charge in [0.25, 0.3) is 0 Å². The Morgan fingerprint density at radius 3 is 2.57 bits per heavy atom. The summed E-state index contributed by atoms with van der Waals surface area (Å²) in [5.41, 5.74) is 1.15. The van der Waals surface area contributed by atoms with Crippen molar-refractivity contribution in [2.45, 2.75) is 6.54 Å². The van der Waals surface area contributed by atoms with Gasteiger partial charge >= 0.3 is 5.69 Å². The lowest BCUT2D eigenvalue weighted by Gasteiger charge is -2.35. The molecular weight excluding hydrogens is 378 g/mol. The summed E-state index contributed by atoms with van der Waals surface area (Å²) in [5.74, 6) is 0.509. The number of rotatable bonds is 6. The molecule has 1 saturated heterocycles. The lowest BCUT2D eigenvalue weighted by atomic mass is 10.2. The van der Waals surface area contributed by atoms with Crippen LogP contribution in [-0.2, 0) is 6.54 Å². The molecule has 9 nitrogen and oxygen atoms in total. The zero-order valence-electron chi connectivity index (χ0n) is 15.1. The second-order valence-electron chi connectivity index (χ2n) is 6.36. The van der Waals surface area contributed by atoms with E-state index in [4.69, 9.17) is 0 Å². The van der Waals surface area contributed by atoms with Gasteiger partial charge in [-0.25, -0.2) is 15.0 Å². The molecule has 0 saturated carbocycles. The molecule has 4 rings (SSSR count). The van der Waals surface area contributed by atoms with E-state index in [1.165, 1.54) is 23.2 Å². The number of piperazine rings is 1. The van der Waals surface area contributed by atoms with Crippen LogP contribution in [0.25, 0.3) is 0 Å². The molecule has 0 radical (unpaired) electrons. The van der Waals surface area contributed by atoms with Gasteiger partial charge in [-0.3, -0.25) is 15.0 Å². The molecule has 3 heterocycles. The average Bonchev–Trinajstić information content (AvgIpc) is 3.22. The van der Waals surface area contributed by atoms with Crippen LogP contribution in [0, 0.1) is 10.1 Å². The molecule has 0 atom stereocenters. The molecule has 0 spiro atoms. The molecule has 28 heavy (non-hydrogen) atoms. The van der Waals surface area contributed by atoms with Gasteiger partial charge in [-0.2, -0.15) is 0 Å². The maximum absolute atomic E-state index is 11.8. The topological polar surface area (TPSA) is 100 Å². The van der Waals surface area contributed by atoms with Crippen LogP contribution in [0.3, 0.4) is 0 Å². The van der Waals surface area contributed by atoms with Gasteiger partial charge in [0.15, 0.2) is 5.13 Å². The lowest BCUT2D eigenvalue weighted by molar-refractivity contribution is -0.383. The molecule has 0 bridgehead atoms. The zero-order valence-corrected chi connectivity index (χ0v) is 15.9. The van der Waals surface area contributed by atoms with Crippen LogP contribution in [-0.4, -0.2) is 51.0 Å². The molecule has 1 aliphatic rings. The van der Waals surface area contributed by atoms with E-state index in [9.17, 15) is 10.1 Å². The summed E-state index contributed by atoms with van der Waals surface area (Å²) in [6, 6.07) is 10.3. The van der Waals surface area contributed by atoms with Crippen LogP contribution in [0.1, 0.15) is 5.56 Å². The van der Waals surface area contributed by atoms with Crippen molar-refractivity contribution < 1.29 is 4.92 Å². The molecule has 144 valence electrons. The number of hydrogen-bond donors (Lipinski definition) is 1. The largest absolute Gasteiger partial charge is 0.353 e. The Kier molecular flexibility index (Phi) is 5.40. The van der Waals surface area contributed by atoms with Gasteiger partial charge in [0, 0.05) is 44.3 Å². The Morgan fingerprint density at radius 2 is 1.89 bits per heavy atom. The standard InChI is InChI=1S/C18H19N7O2S/c26-25(27)15-16(22-18-19-6-11-28-18)20-13-21-17(15)24-9-7-23(8-10-24)12-14-4-2-1-3-5-14/h1-6,11,13H,7-10,12H2,(H,19,20,21,22). The van der Waals surface area contributed by atoms with E-state index in [2.05, 4.69) is 37.3 Å². The van der Waals surface area contributed by atoms with Crippen LogP contribution >= 0.6 is 11.3 Å². The summed E-state index contributed by atoms with van der Waals surface area (Å²) in [4.78, 5) is 28.0. The third kappa shape index (κ3) is 4.07. The van der Waals surface area contributed by atoms with Gasteiger partial charge in [-0.05, 0) is 5.56 Å². The number of nitro groups is 1. The first-order valence-electron chi connectivity index (χ1n) is 8.88. The maximum atomic E-state index is 11.8. The minimum atomic E-state index is -0.429. The summed E-state index contributed by atoms with van der Waals surface area (Å²) in [6.07, 6.45) is 2.99. The number of hydrogen-bond acceptors (Lipinski definition) is 9. The molecule has 0 aliphatic carbocycles. The smallest absolute Gasteiger partial charge is 0.348 e. The fourth-order valence-corrected chi connectivity index (χ4v) is 3.73. The first kappa shape index (κ1) is 18.3. The Bertz CT molecular complexity index is 928. The fourth-order valence-electron chi connectivity index (χ4n) is 3.21. The SMILES string of the molecule is O=[N+]([O-])c1c(Nc2nccs2)ncnc1N1CCN(Cc2ccccc2)CC1. The summed E-state index contributed by atoms with van der Waals surface area (Å²) in [7, 11) is 0. The number of benzene rings is 1. The molecule has 2 aromatic heterocycles. The van der Waals surface area contributed by atoms with Crippen molar-refractivity contribution in [3.8, 4) is 0 Å². The van der Waals surface area contributed by atoms with Crippen molar-refractivity contribution in [3.05, 3.63) is 63.9 Å². The van der Waals surface area contributed by atoms with E-state index in [0.29, 0.717) is 24.0 Å². The highest BCUT2D eigenvalue weighted by atomic mass is 32.1. The minimum absolute atomic E-state index is 0.116. The van der Waals surface area contributed by atoms with Crippen molar-refractivity contribution in [3.63, 3.8) is 0 Å². The molecule has 0 unspecified atom stereocenters. The molecule has 1 aliphatic heterocycles. The third-order valence-electron chi connectivity index (χ3n) is 4.56. The number of nitrogens with zero attached hydrogens (tertiary/aromatic N) is 6. The summed E-state index contributed by atoms with van der Waals surface area (Å²) >= 11 is 1.36. The van der Waals surface area contributed by atoms with Crippen LogP contribution < -0.4 is 10.2 Å². The summed E-state index contributed by atoms with van der Waals surface area (Å²) < 4.78 is 0. The van der Waals surface area contributed by atoms with Crippen LogP contribution in [0.2, 0.25) is 0 Å². The van der Waals surface area contributed by atoms with Crippen molar-refractivity contribution in [2.24, 2.45) is 0 Å². The second-order valence-corrected chi connectivity index (χ2v) is 7.26. The Morgan fingerprint density at radius 1 is 1.11 bits per heavy atom. The number of nitrogens with one attached hydrogen (secondary N) is 1. The predicted octanol–water partition coefficient (Wildman–Crippen LogP) is 2.91. The Hall–Kier alpha value is -3.11. The molecular formula is C18H19N7O2S. The minimum Gasteiger partial charge on any atom is -0.348 e. The number of aromatic nitrogens is 3. The van der Waals surface area contributed by atoms with Crippen LogP contribution in [0.5, 0.6) is 0 Å². The van der Waals surface area contributed by atoms with Crippen molar-refractivity contribution in [2.75, 3.05) is 36.4 Å². The highest BCUT2D eigenvalue weighted by Crippen LogP contribution is 2.34. The van der Waals surface area contributed by atoms with E-state index in [0.717, 1.165) is 19.6 Å². The zero-order chi connectivity index (χ0) is 19.3. The van der Waals surface area contributed by atoms with Gasteiger partial charge in [0.2, 0.25) is 11.6 Å². The van der Waals surface area contributed by atoms with Crippen molar-refractivity contribution in [1.29, 1.82) is 0 Å². The van der Waals surface area contributed by atoms with Gasteiger partial charge < -0.3 is 10.2 Å².